The summed E-state index contributed by atoms with van der Waals surface area (Å²) < 4.78 is 11.2. The monoisotopic (exact) mass is 213 g/mol. The van der Waals surface area contributed by atoms with E-state index in [4.69, 9.17) is 9.47 Å². The highest BCUT2D eigenvalue weighted by atomic mass is 16.6. The fourth-order valence-corrected chi connectivity index (χ4v) is 2.80. The minimum Gasteiger partial charge on any atom is -0.376 e. The smallest absolute Gasteiger partial charge is 0.0962 e. The lowest BCUT2D eigenvalue weighted by atomic mass is 9.95. The highest BCUT2D eigenvalue weighted by molar-refractivity contribution is 4.82. The van der Waals surface area contributed by atoms with Gasteiger partial charge in [-0.1, -0.05) is 25.7 Å². The summed E-state index contributed by atoms with van der Waals surface area (Å²) >= 11 is 0. The van der Waals surface area contributed by atoms with Crippen LogP contribution in [-0.4, -0.2) is 39.0 Å². The number of hydrogen-bond acceptors (Lipinski definition) is 3. The molecule has 0 bridgehead atoms. The SMILES string of the molecule is CNC(CC1CCCC1)C1COCCO1. The van der Waals surface area contributed by atoms with Crippen LogP contribution in [0.25, 0.3) is 0 Å². The van der Waals surface area contributed by atoms with Gasteiger partial charge in [0.15, 0.2) is 0 Å². The van der Waals surface area contributed by atoms with E-state index in [-0.39, 0.29) is 6.10 Å². The number of nitrogens with one attached hydrogen (secondary N) is 1. The van der Waals surface area contributed by atoms with Crippen LogP contribution in [0.5, 0.6) is 0 Å². The lowest BCUT2D eigenvalue weighted by Crippen LogP contribution is -2.46. The largest absolute Gasteiger partial charge is 0.376 e. The second kappa shape index (κ2) is 5.83. The summed E-state index contributed by atoms with van der Waals surface area (Å²) in [7, 11) is 2.04. The highest BCUT2D eigenvalue weighted by Crippen LogP contribution is 2.29. The molecule has 2 fully saturated rings. The standard InChI is InChI=1S/C12H23NO2/c1-13-11(8-10-4-2-3-5-10)12-9-14-6-7-15-12/h10-13H,2-9H2,1H3. The van der Waals surface area contributed by atoms with E-state index < -0.39 is 0 Å². The topological polar surface area (TPSA) is 30.5 Å². The van der Waals surface area contributed by atoms with Gasteiger partial charge in [-0.15, -0.1) is 0 Å². The van der Waals surface area contributed by atoms with Crippen LogP contribution in [0.3, 0.4) is 0 Å². The summed E-state index contributed by atoms with van der Waals surface area (Å²) in [6, 6.07) is 0.480. The molecule has 2 aliphatic rings. The molecule has 2 rings (SSSR count). The van der Waals surface area contributed by atoms with Crippen molar-refractivity contribution in [3.05, 3.63) is 0 Å². The Hall–Kier alpha value is -0.120. The van der Waals surface area contributed by atoms with Crippen molar-refractivity contribution in [1.29, 1.82) is 0 Å². The first kappa shape index (κ1) is 11.4. The zero-order valence-electron chi connectivity index (χ0n) is 9.71. The van der Waals surface area contributed by atoms with E-state index in [0.29, 0.717) is 6.04 Å². The number of rotatable bonds is 4. The molecule has 1 aliphatic carbocycles. The molecule has 2 unspecified atom stereocenters. The Kier molecular flexibility index (Phi) is 4.42. The number of hydrogen-bond donors (Lipinski definition) is 1. The van der Waals surface area contributed by atoms with Crippen LogP contribution in [0.15, 0.2) is 0 Å². The number of ether oxygens (including phenoxy) is 2. The summed E-state index contributed by atoms with van der Waals surface area (Å²) in [4.78, 5) is 0. The van der Waals surface area contributed by atoms with Gasteiger partial charge in [-0.3, -0.25) is 0 Å². The van der Waals surface area contributed by atoms with Gasteiger partial charge in [-0.25, -0.2) is 0 Å². The summed E-state index contributed by atoms with van der Waals surface area (Å²) in [5.74, 6) is 0.910. The molecule has 15 heavy (non-hydrogen) atoms. The molecular weight excluding hydrogens is 190 g/mol. The minimum absolute atomic E-state index is 0.268. The lowest BCUT2D eigenvalue weighted by Gasteiger charge is -2.31. The summed E-state index contributed by atoms with van der Waals surface area (Å²) in [5.41, 5.74) is 0. The zero-order valence-corrected chi connectivity index (χ0v) is 9.71. The molecule has 3 nitrogen and oxygen atoms in total. The van der Waals surface area contributed by atoms with Gasteiger partial charge in [0.05, 0.1) is 25.9 Å². The molecule has 0 aromatic heterocycles. The molecule has 0 spiro atoms. The third kappa shape index (κ3) is 3.16. The van der Waals surface area contributed by atoms with Crippen molar-refractivity contribution in [2.45, 2.75) is 44.2 Å². The normalized spacial score (nSPS) is 30.6. The molecule has 1 aliphatic heterocycles. The Labute approximate surface area is 92.5 Å². The van der Waals surface area contributed by atoms with E-state index >= 15 is 0 Å². The van der Waals surface area contributed by atoms with Crippen LogP contribution < -0.4 is 5.32 Å². The van der Waals surface area contributed by atoms with Crippen molar-refractivity contribution < 1.29 is 9.47 Å². The van der Waals surface area contributed by atoms with Crippen LogP contribution in [0, 0.1) is 5.92 Å². The summed E-state index contributed by atoms with van der Waals surface area (Å²) in [6.45, 7) is 2.28. The molecule has 1 saturated carbocycles. The van der Waals surface area contributed by atoms with E-state index in [1.54, 1.807) is 0 Å². The molecule has 0 amide bonds. The van der Waals surface area contributed by atoms with Crippen LogP contribution in [0.4, 0.5) is 0 Å². The van der Waals surface area contributed by atoms with Crippen molar-refractivity contribution in [3.63, 3.8) is 0 Å². The molecule has 0 radical (unpaired) electrons. The van der Waals surface area contributed by atoms with Crippen LogP contribution in [0.2, 0.25) is 0 Å². The average Bonchev–Trinajstić information content (AvgIpc) is 2.80. The third-order valence-electron chi connectivity index (χ3n) is 3.72. The number of likely N-dealkylation sites (N-methyl/N-ethyl adjacent to an activating group) is 1. The van der Waals surface area contributed by atoms with E-state index in [1.165, 1.54) is 32.1 Å². The lowest BCUT2D eigenvalue weighted by molar-refractivity contribution is -0.103. The zero-order chi connectivity index (χ0) is 10.5. The minimum atomic E-state index is 0.268. The predicted molar refractivity (Wildman–Crippen MR) is 60.0 cm³/mol. The van der Waals surface area contributed by atoms with Gasteiger partial charge >= 0.3 is 0 Å². The Morgan fingerprint density at radius 2 is 2.07 bits per heavy atom. The average molecular weight is 213 g/mol. The highest BCUT2D eigenvalue weighted by Gasteiger charge is 2.27. The third-order valence-corrected chi connectivity index (χ3v) is 3.72. The quantitative estimate of drug-likeness (QED) is 0.769. The second-order valence-electron chi connectivity index (χ2n) is 4.77. The maximum absolute atomic E-state index is 5.75. The van der Waals surface area contributed by atoms with Crippen molar-refractivity contribution in [2.75, 3.05) is 26.9 Å². The van der Waals surface area contributed by atoms with Crippen molar-refractivity contribution in [2.24, 2.45) is 5.92 Å². The molecular formula is C12H23NO2. The molecule has 3 heteroatoms. The molecule has 88 valence electrons. The molecule has 1 N–H and O–H groups in total. The van der Waals surface area contributed by atoms with Crippen LogP contribution >= 0.6 is 0 Å². The Balaban J connectivity index is 1.79. The van der Waals surface area contributed by atoms with Gasteiger partial charge in [0.2, 0.25) is 0 Å². The van der Waals surface area contributed by atoms with Crippen LogP contribution in [-0.2, 0) is 9.47 Å². The van der Waals surface area contributed by atoms with E-state index in [9.17, 15) is 0 Å². The van der Waals surface area contributed by atoms with E-state index in [1.807, 2.05) is 7.05 Å². The Morgan fingerprint density at radius 1 is 1.27 bits per heavy atom. The van der Waals surface area contributed by atoms with Gasteiger partial charge in [-0.2, -0.15) is 0 Å². The molecule has 1 heterocycles. The van der Waals surface area contributed by atoms with Gasteiger partial charge in [0, 0.05) is 6.04 Å². The van der Waals surface area contributed by atoms with Gasteiger partial charge in [0.1, 0.15) is 0 Å². The molecule has 0 aromatic carbocycles. The Morgan fingerprint density at radius 3 is 2.67 bits per heavy atom. The van der Waals surface area contributed by atoms with E-state index in [2.05, 4.69) is 5.32 Å². The molecule has 0 aromatic rings. The summed E-state index contributed by atoms with van der Waals surface area (Å²) in [6.07, 6.45) is 7.18. The second-order valence-corrected chi connectivity index (χ2v) is 4.77. The maximum Gasteiger partial charge on any atom is 0.0962 e. The van der Waals surface area contributed by atoms with Crippen molar-refractivity contribution in [3.8, 4) is 0 Å². The first-order valence-corrected chi connectivity index (χ1v) is 6.26. The molecule has 2 atom stereocenters. The van der Waals surface area contributed by atoms with Crippen molar-refractivity contribution in [1.82, 2.24) is 5.32 Å². The van der Waals surface area contributed by atoms with Gasteiger partial charge < -0.3 is 14.8 Å². The maximum atomic E-state index is 5.75. The fraction of sp³-hybridized carbons (Fsp3) is 1.00. The first-order chi connectivity index (χ1) is 7.40. The van der Waals surface area contributed by atoms with E-state index in [0.717, 1.165) is 25.7 Å². The van der Waals surface area contributed by atoms with Crippen LogP contribution in [0.1, 0.15) is 32.1 Å². The fourth-order valence-electron chi connectivity index (χ4n) is 2.80. The molecule has 1 saturated heterocycles. The Bertz CT molecular complexity index is 174. The van der Waals surface area contributed by atoms with Gasteiger partial charge in [0.25, 0.3) is 0 Å². The van der Waals surface area contributed by atoms with Crippen molar-refractivity contribution >= 4 is 0 Å². The summed E-state index contributed by atoms with van der Waals surface area (Å²) in [5, 5.41) is 3.39. The predicted octanol–water partition coefficient (Wildman–Crippen LogP) is 1.57. The first-order valence-electron chi connectivity index (χ1n) is 6.26. The van der Waals surface area contributed by atoms with Gasteiger partial charge in [-0.05, 0) is 19.4 Å².